The van der Waals surface area contributed by atoms with E-state index in [4.69, 9.17) is 9.47 Å². The van der Waals surface area contributed by atoms with Gasteiger partial charge in [0.1, 0.15) is 0 Å². The number of hydrogen-bond donors (Lipinski definition) is 1. The highest BCUT2D eigenvalue weighted by atomic mass is 32.2. The van der Waals surface area contributed by atoms with Crippen LogP contribution in [0.3, 0.4) is 0 Å². The zero-order valence-electron chi connectivity index (χ0n) is 15.0. The molecule has 0 fully saturated rings. The Morgan fingerprint density at radius 2 is 2.10 bits per heavy atom. The van der Waals surface area contributed by atoms with Crippen molar-refractivity contribution in [2.75, 3.05) is 12.5 Å². The van der Waals surface area contributed by atoms with Crippen molar-refractivity contribution in [1.29, 1.82) is 0 Å². The summed E-state index contributed by atoms with van der Waals surface area (Å²) in [6.45, 7) is 0.612. The number of fused-ring (bicyclic) bond motifs is 1. The molecule has 1 aromatic heterocycles. The van der Waals surface area contributed by atoms with Gasteiger partial charge in [-0.3, -0.25) is 14.9 Å². The van der Waals surface area contributed by atoms with Gasteiger partial charge < -0.3 is 14.8 Å². The first kappa shape index (κ1) is 19.2. The smallest absolute Gasteiger partial charge is 0.270 e. The molecule has 148 valence electrons. The van der Waals surface area contributed by atoms with Crippen LogP contribution in [0, 0.1) is 10.1 Å². The third-order valence-corrected chi connectivity index (χ3v) is 6.11. The highest BCUT2D eigenvalue weighted by Gasteiger charge is 2.14. The number of nitro groups is 1. The number of non-ortho nitro benzene ring substituents is 1. The fourth-order valence-electron chi connectivity index (χ4n) is 2.66. The second kappa shape index (κ2) is 8.50. The normalized spacial score (nSPS) is 12.0. The molecule has 3 aromatic rings. The van der Waals surface area contributed by atoms with Crippen LogP contribution < -0.4 is 14.8 Å². The standard InChI is InChI=1S/C19H15N3O5S2/c23-18(20-8-12-4-5-16-17(6-12)27-11-26-16)10-29-19-21-15(9-28-19)13-2-1-3-14(7-13)22(24)25/h1-7,9H,8,10-11H2,(H,20,23). The fraction of sp³-hybridized carbons (Fsp3) is 0.158. The number of hydrogen-bond acceptors (Lipinski definition) is 8. The number of nitrogens with zero attached hydrogens (tertiary/aromatic N) is 2. The maximum atomic E-state index is 12.1. The van der Waals surface area contributed by atoms with E-state index in [1.807, 2.05) is 23.6 Å². The number of carbonyl (C=O) groups is 1. The number of aromatic nitrogens is 1. The van der Waals surface area contributed by atoms with E-state index in [2.05, 4.69) is 10.3 Å². The van der Waals surface area contributed by atoms with Crippen LogP contribution in [0.2, 0.25) is 0 Å². The lowest BCUT2D eigenvalue weighted by molar-refractivity contribution is -0.384. The van der Waals surface area contributed by atoms with Crippen LogP contribution in [-0.4, -0.2) is 28.4 Å². The van der Waals surface area contributed by atoms with Gasteiger partial charge in [-0.15, -0.1) is 11.3 Å². The predicted octanol–water partition coefficient (Wildman–Crippen LogP) is 3.86. The molecule has 0 saturated heterocycles. The van der Waals surface area contributed by atoms with Gasteiger partial charge in [-0.25, -0.2) is 4.98 Å². The quantitative estimate of drug-likeness (QED) is 0.345. The molecule has 0 atom stereocenters. The molecule has 29 heavy (non-hydrogen) atoms. The molecule has 1 aliphatic rings. The van der Waals surface area contributed by atoms with Crippen LogP contribution >= 0.6 is 23.1 Å². The Balaban J connectivity index is 1.30. The average Bonchev–Trinajstić information content (AvgIpc) is 3.39. The number of nitro benzene ring substituents is 1. The number of thioether (sulfide) groups is 1. The molecule has 1 N–H and O–H groups in total. The summed E-state index contributed by atoms with van der Waals surface area (Å²) in [6.07, 6.45) is 0. The van der Waals surface area contributed by atoms with E-state index >= 15 is 0 Å². The summed E-state index contributed by atoms with van der Waals surface area (Å²) in [5.74, 6) is 1.51. The lowest BCUT2D eigenvalue weighted by Crippen LogP contribution is -2.24. The van der Waals surface area contributed by atoms with Gasteiger partial charge in [-0.2, -0.15) is 0 Å². The van der Waals surface area contributed by atoms with Crippen molar-refractivity contribution >= 4 is 34.7 Å². The molecule has 0 unspecified atom stereocenters. The number of amides is 1. The second-order valence-corrected chi connectivity index (χ2v) is 8.14. The SMILES string of the molecule is O=C(CSc1nc(-c2cccc([N+](=O)[O-])c2)cs1)NCc1ccc2c(c1)OCO2. The molecule has 2 heterocycles. The highest BCUT2D eigenvalue weighted by molar-refractivity contribution is 8.01. The summed E-state index contributed by atoms with van der Waals surface area (Å²) < 4.78 is 11.3. The Hall–Kier alpha value is -3.11. The van der Waals surface area contributed by atoms with E-state index in [1.165, 1.54) is 35.2 Å². The second-order valence-electron chi connectivity index (χ2n) is 6.06. The van der Waals surface area contributed by atoms with Crippen LogP contribution in [0.25, 0.3) is 11.3 Å². The van der Waals surface area contributed by atoms with Gasteiger partial charge in [-0.1, -0.05) is 30.0 Å². The third kappa shape index (κ3) is 4.66. The maximum Gasteiger partial charge on any atom is 0.270 e. The van der Waals surface area contributed by atoms with Crippen LogP contribution in [-0.2, 0) is 11.3 Å². The zero-order chi connectivity index (χ0) is 20.2. The first-order valence-corrected chi connectivity index (χ1v) is 10.4. The van der Waals surface area contributed by atoms with E-state index in [1.54, 1.807) is 12.1 Å². The number of thiazole rings is 1. The van der Waals surface area contributed by atoms with Gasteiger partial charge >= 0.3 is 0 Å². The molecule has 10 heteroatoms. The summed E-state index contributed by atoms with van der Waals surface area (Å²) in [4.78, 5) is 27.1. The van der Waals surface area contributed by atoms with Crippen molar-refractivity contribution in [3.05, 3.63) is 63.5 Å². The highest BCUT2D eigenvalue weighted by Crippen LogP contribution is 2.32. The Labute approximate surface area is 174 Å². The minimum Gasteiger partial charge on any atom is -0.454 e. The van der Waals surface area contributed by atoms with Crippen molar-refractivity contribution in [3.8, 4) is 22.8 Å². The molecule has 0 saturated carbocycles. The van der Waals surface area contributed by atoms with Crippen molar-refractivity contribution in [3.63, 3.8) is 0 Å². The Kier molecular flexibility index (Phi) is 5.63. The largest absolute Gasteiger partial charge is 0.454 e. The van der Waals surface area contributed by atoms with Gasteiger partial charge in [0, 0.05) is 29.6 Å². The van der Waals surface area contributed by atoms with E-state index in [0.717, 1.165) is 9.90 Å². The summed E-state index contributed by atoms with van der Waals surface area (Å²) in [5.41, 5.74) is 2.28. The van der Waals surface area contributed by atoms with Crippen molar-refractivity contribution in [1.82, 2.24) is 10.3 Å². The lowest BCUT2D eigenvalue weighted by Gasteiger charge is -2.05. The summed E-state index contributed by atoms with van der Waals surface area (Å²) in [6, 6.07) is 11.9. The first-order chi connectivity index (χ1) is 14.1. The number of carbonyl (C=O) groups excluding carboxylic acids is 1. The van der Waals surface area contributed by atoms with Crippen molar-refractivity contribution in [2.24, 2.45) is 0 Å². The predicted molar refractivity (Wildman–Crippen MR) is 109 cm³/mol. The monoisotopic (exact) mass is 429 g/mol. The minimum atomic E-state index is -0.435. The van der Waals surface area contributed by atoms with E-state index in [0.29, 0.717) is 29.3 Å². The molecule has 8 nitrogen and oxygen atoms in total. The Bertz CT molecular complexity index is 1070. The van der Waals surface area contributed by atoms with Gasteiger partial charge in [-0.05, 0) is 17.7 Å². The van der Waals surface area contributed by atoms with Crippen LogP contribution in [0.15, 0.2) is 52.2 Å². The number of ether oxygens (including phenoxy) is 2. The molecule has 2 aromatic carbocycles. The maximum absolute atomic E-state index is 12.1. The average molecular weight is 429 g/mol. The fourth-order valence-corrected chi connectivity index (χ4v) is 4.33. The van der Waals surface area contributed by atoms with E-state index < -0.39 is 4.92 Å². The number of nitrogens with one attached hydrogen (secondary N) is 1. The molecular formula is C19H15N3O5S2. The van der Waals surface area contributed by atoms with Gasteiger partial charge in [0.15, 0.2) is 15.8 Å². The molecule has 0 spiro atoms. The first-order valence-electron chi connectivity index (χ1n) is 8.57. The van der Waals surface area contributed by atoms with Crippen molar-refractivity contribution in [2.45, 2.75) is 10.9 Å². The van der Waals surface area contributed by atoms with Crippen LogP contribution in [0.5, 0.6) is 11.5 Å². The molecule has 1 aliphatic heterocycles. The summed E-state index contributed by atoms with van der Waals surface area (Å²) in [7, 11) is 0. The molecule has 0 bridgehead atoms. The van der Waals surface area contributed by atoms with Crippen LogP contribution in [0.4, 0.5) is 5.69 Å². The topological polar surface area (TPSA) is 104 Å². The summed E-state index contributed by atoms with van der Waals surface area (Å²) >= 11 is 2.73. The number of benzene rings is 2. The number of rotatable bonds is 7. The minimum absolute atomic E-state index is 0.0209. The van der Waals surface area contributed by atoms with Crippen LogP contribution in [0.1, 0.15) is 5.56 Å². The van der Waals surface area contributed by atoms with Crippen molar-refractivity contribution < 1.29 is 19.2 Å². The Morgan fingerprint density at radius 1 is 1.24 bits per heavy atom. The molecule has 4 rings (SSSR count). The molecule has 1 amide bonds. The molecule has 0 radical (unpaired) electrons. The van der Waals surface area contributed by atoms with Gasteiger partial charge in [0.05, 0.1) is 16.4 Å². The third-order valence-electron chi connectivity index (χ3n) is 4.09. The van der Waals surface area contributed by atoms with E-state index in [-0.39, 0.29) is 24.1 Å². The Morgan fingerprint density at radius 3 is 2.97 bits per heavy atom. The summed E-state index contributed by atoms with van der Waals surface area (Å²) in [5, 5.41) is 15.6. The lowest BCUT2D eigenvalue weighted by atomic mass is 10.1. The molecular weight excluding hydrogens is 414 g/mol. The molecule has 0 aliphatic carbocycles. The van der Waals surface area contributed by atoms with Gasteiger partial charge in [0.2, 0.25) is 12.7 Å². The zero-order valence-corrected chi connectivity index (χ0v) is 16.6. The van der Waals surface area contributed by atoms with Gasteiger partial charge in [0.25, 0.3) is 5.69 Å². The van der Waals surface area contributed by atoms with E-state index in [9.17, 15) is 14.9 Å².